The average Bonchev–Trinajstić information content (AvgIpc) is 2.75. The quantitative estimate of drug-likeness (QED) is 0.668. The number of hydrogen-bond donors (Lipinski definition) is 1. The monoisotopic (exact) mass is 246 g/mol. The van der Waals surface area contributed by atoms with Gasteiger partial charge in [-0.15, -0.1) is 0 Å². The summed E-state index contributed by atoms with van der Waals surface area (Å²) >= 11 is 0. The fourth-order valence-corrected chi connectivity index (χ4v) is 1.38. The summed E-state index contributed by atoms with van der Waals surface area (Å²) in [7, 11) is 0. The van der Waals surface area contributed by atoms with Gasteiger partial charge in [0.2, 0.25) is 0 Å². The normalized spacial score (nSPS) is 10.8. The third-order valence-corrected chi connectivity index (χ3v) is 2.24. The Bertz CT molecular complexity index is 590. The second-order valence-electron chi connectivity index (χ2n) is 3.63. The van der Waals surface area contributed by atoms with Crippen LogP contribution in [0, 0.1) is 12.7 Å². The Morgan fingerprint density at radius 1 is 1.33 bits per heavy atom. The molecule has 5 heteroatoms. The first-order valence-corrected chi connectivity index (χ1v) is 5.31. The minimum absolute atomic E-state index is 0.0507. The molecule has 0 aliphatic carbocycles. The number of furan rings is 1. The van der Waals surface area contributed by atoms with Crippen molar-refractivity contribution in [3.8, 4) is 0 Å². The van der Waals surface area contributed by atoms with Crippen molar-refractivity contribution in [1.29, 1.82) is 0 Å². The lowest BCUT2D eigenvalue weighted by molar-refractivity contribution is 0.0951. The van der Waals surface area contributed by atoms with Crippen LogP contribution in [0.15, 0.2) is 45.9 Å². The topological polar surface area (TPSA) is 54.6 Å². The van der Waals surface area contributed by atoms with Gasteiger partial charge in [-0.05, 0) is 31.2 Å². The molecule has 1 heterocycles. The molecular formula is C13H11FN2O2. The fraction of sp³-hybridized carbons (Fsp3) is 0.0769. The van der Waals surface area contributed by atoms with Gasteiger partial charge in [-0.2, -0.15) is 5.10 Å². The molecule has 0 unspecified atom stereocenters. The van der Waals surface area contributed by atoms with Gasteiger partial charge in [0.15, 0.2) is 0 Å². The number of nitrogens with one attached hydrogen (secondary N) is 1. The van der Waals surface area contributed by atoms with Crippen LogP contribution in [-0.4, -0.2) is 12.1 Å². The van der Waals surface area contributed by atoms with Crippen LogP contribution in [0.25, 0.3) is 0 Å². The van der Waals surface area contributed by atoms with Crippen molar-refractivity contribution in [2.24, 2.45) is 5.10 Å². The Hall–Kier alpha value is -2.43. The molecule has 2 aromatic rings. The molecule has 0 atom stereocenters. The maximum absolute atomic E-state index is 13.3. The summed E-state index contributed by atoms with van der Waals surface area (Å²) in [4.78, 5) is 11.6. The predicted octanol–water partition coefficient (Wildman–Crippen LogP) is 2.49. The Morgan fingerprint density at radius 2 is 2.11 bits per heavy atom. The van der Waals surface area contributed by atoms with Crippen LogP contribution in [0.5, 0.6) is 0 Å². The standard InChI is InChI=1S/C13H11FN2O2/c1-9-6-7-10(18-9)8-15-16-13(17)11-4-2-3-5-12(11)14/h2-8H,1H3,(H,16,17). The van der Waals surface area contributed by atoms with Crippen molar-refractivity contribution in [2.45, 2.75) is 6.92 Å². The first-order chi connectivity index (χ1) is 8.66. The summed E-state index contributed by atoms with van der Waals surface area (Å²) in [5, 5.41) is 3.69. The summed E-state index contributed by atoms with van der Waals surface area (Å²) < 4.78 is 18.5. The van der Waals surface area contributed by atoms with Gasteiger partial charge in [-0.1, -0.05) is 12.1 Å². The lowest BCUT2D eigenvalue weighted by Crippen LogP contribution is -2.18. The lowest BCUT2D eigenvalue weighted by atomic mass is 10.2. The molecule has 2 rings (SSSR count). The van der Waals surface area contributed by atoms with Gasteiger partial charge >= 0.3 is 0 Å². The zero-order valence-electron chi connectivity index (χ0n) is 9.68. The van der Waals surface area contributed by atoms with Crippen LogP contribution in [0.1, 0.15) is 21.9 Å². The van der Waals surface area contributed by atoms with E-state index in [0.717, 1.165) is 5.76 Å². The number of hydrazone groups is 1. The van der Waals surface area contributed by atoms with Crippen molar-refractivity contribution < 1.29 is 13.6 Å². The summed E-state index contributed by atoms with van der Waals surface area (Å²) in [6.07, 6.45) is 1.35. The molecule has 1 aromatic carbocycles. The molecule has 1 aromatic heterocycles. The molecule has 18 heavy (non-hydrogen) atoms. The zero-order chi connectivity index (χ0) is 13.0. The predicted molar refractivity (Wildman–Crippen MR) is 64.9 cm³/mol. The van der Waals surface area contributed by atoms with Gasteiger partial charge in [0.05, 0.1) is 11.8 Å². The van der Waals surface area contributed by atoms with Gasteiger partial charge in [-0.3, -0.25) is 4.79 Å². The Balaban J connectivity index is 2.01. The van der Waals surface area contributed by atoms with E-state index in [9.17, 15) is 9.18 Å². The number of amides is 1. The number of carbonyl (C=O) groups is 1. The summed E-state index contributed by atoms with van der Waals surface area (Å²) in [6, 6.07) is 9.19. The highest BCUT2D eigenvalue weighted by molar-refractivity contribution is 5.94. The fourth-order valence-electron chi connectivity index (χ4n) is 1.38. The van der Waals surface area contributed by atoms with Crippen LogP contribution >= 0.6 is 0 Å². The van der Waals surface area contributed by atoms with E-state index < -0.39 is 11.7 Å². The van der Waals surface area contributed by atoms with Crippen molar-refractivity contribution in [3.63, 3.8) is 0 Å². The molecule has 0 saturated carbocycles. The van der Waals surface area contributed by atoms with Gasteiger partial charge in [0.25, 0.3) is 5.91 Å². The molecule has 0 radical (unpaired) electrons. The number of rotatable bonds is 3. The molecular weight excluding hydrogens is 235 g/mol. The molecule has 92 valence electrons. The van der Waals surface area contributed by atoms with E-state index in [1.165, 1.54) is 24.4 Å². The highest BCUT2D eigenvalue weighted by Crippen LogP contribution is 2.06. The van der Waals surface area contributed by atoms with Crippen LogP contribution in [0.4, 0.5) is 4.39 Å². The minimum Gasteiger partial charge on any atom is -0.460 e. The van der Waals surface area contributed by atoms with Crippen LogP contribution in [-0.2, 0) is 0 Å². The molecule has 0 bridgehead atoms. The zero-order valence-corrected chi connectivity index (χ0v) is 9.68. The number of aryl methyl sites for hydroxylation is 1. The lowest BCUT2D eigenvalue weighted by Gasteiger charge is -2.00. The summed E-state index contributed by atoms with van der Waals surface area (Å²) in [5.74, 6) is 0.0740. The van der Waals surface area contributed by atoms with E-state index in [2.05, 4.69) is 10.5 Å². The number of hydrogen-bond acceptors (Lipinski definition) is 3. The Labute approximate surface area is 103 Å². The van der Waals surface area contributed by atoms with Gasteiger partial charge < -0.3 is 4.42 Å². The number of halogens is 1. The molecule has 0 aliphatic rings. The smallest absolute Gasteiger partial charge is 0.274 e. The molecule has 0 spiro atoms. The minimum atomic E-state index is -0.604. The SMILES string of the molecule is Cc1ccc(C=NNC(=O)c2ccccc2F)o1. The van der Waals surface area contributed by atoms with Crippen LogP contribution in [0.3, 0.4) is 0 Å². The summed E-state index contributed by atoms with van der Waals surface area (Å²) in [5.41, 5.74) is 2.18. The molecule has 1 N–H and O–H groups in total. The summed E-state index contributed by atoms with van der Waals surface area (Å²) in [6.45, 7) is 1.80. The second kappa shape index (κ2) is 5.27. The highest BCUT2D eigenvalue weighted by atomic mass is 19.1. The Morgan fingerprint density at radius 3 is 2.78 bits per heavy atom. The Kier molecular flexibility index (Phi) is 3.52. The molecule has 4 nitrogen and oxygen atoms in total. The third kappa shape index (κ3) is 2.82. The molecule has 0 fully saturated rings. The van der Waals surface area contributed by atoms with E-state index >= 15 is 0 Å². The molecule has 1 amide bonds. The van der Waals surface area contributed by atoms with Crippen LogP contribution < -0.4 is 5.43 Å². The van der Waals surface area contributed by atoms with Crippen molar-refractivity contribution >= 4 is 12.1 Å². The van der Waals surface area contributed by atoms with E-state index in [4.69, 9.17) is 4.42 Å². The largest absolute Gasteiger partial charge is 0.460 e. The van der Waals surface area contributed by atoms with Crippen molar-refractivity contribution in [1.82, 2.24) is 5.43 Å². The van der Waals surface area contributed by atoms with E-state index in [-0.39, 0.29) is 5.56 Å². The van der Waals surface area contributed by atoms with Gasteiger partial charge in [0.1, 0.15) is 17.3 Å². The number of nitrogens with zero attached hydrogens (tertiary/aromatic N) is 1. The van der Waals surface area contributed by atoms with Gasteiger partial charge in [-0.25, -0.2) is 9.82 Å². The maximum atomic E-state index is 13.3. The van der Waals surface area contributed by atoms with Crippen LogP contribution in [0.2, 0.25) is 0 Å². The van der Waals surface area contributed by atoms with Gasteiger partial charge in [0, 0.05) is 0 Å². The number of benzene rings is 1. The second-order valence-corrected chi connectivity index (χ2v) is 3.63. The van der Waals surface area contributed by atoms with E-state index in [0.29, 0.717) is 5.76 Å². The number of carbonyl (C=O) groups excluding carboxylic acids is 1. The molecule has 0 saturated heterocycles. The molecule has 0 aliphatic heterocycles. The average molecular weight is 246 g/mol. The highest BCUT2D eigenvalue weighted by Gasteiger charge is 2.09. The third-order valence-electron chi connectivity index (χ3n) is 2.24. The van der Waals surface area contributed by atoms with Crippen molar-refractivity contribution in [2.75, 3.05) is 0 Å². The van der Waals surface area contributed by atoms with E-state index in [1.807, 2.05) is 0 Å². The van der Waals surface area contributed by atoms with E-state index in [1.54, 1.807) is 25.1 Å². The van der Waals surface area contributed by atoms with Crippen molar-refractivity contribution in [3.05, 3.63) is 59.3 Å². The first-order valence-electron chi connectivity index (χ1n) is 5.31. The maximum Gasteiger partial charge on any atom is 0.274 e. The first kappa shape index (κ1) is 12.0.